The third-order valence-electron chi connectivity index (χ3n) is 5.42. The van der Waals surface area contributed by atoms with Crippen molar-refractivity contribution < 1.29 is 0 Å². The Morgan fingerprint density at radius 1 is 1.10 bits per heavy atom. The molecule has 3 aromatic rings. The molecule has 0 spiro atoms. The van der Waals surface area contributed by atoms with Gasteiger partial charge in [-0.2, -0.15) is 0 Å². The van der Waals surface area contributed by atoms with E-state index in [9.17, 15) is 0 Å². The number of rotatable bonds is 4. The summed E-state index contributed by atoms with van der Waals surface area (Å²) in [7, 11) is 2.13. The lowest BCUT2D eigenvalue weighted by molar-refractivity contribution is 0.688. The Bertz CT molecular complexity index is 1050. The van der Waals surface area contributed by atoms with Crippen molar-refractivity contribution in [2.45, 2.75) is 33.6 Å². The molecule has 1 N–H and O–H groups in total. The van der Waals surface area contributed by atoms with Crippen LogP contribution in [0.25, 0.3) is 11.3 Å². The molecule has 0 bridgehead atoms. The highest BCUT2D eigenvalue weighted by Gasteiger charge is 2.22. The summed E-state index contributed by atoms with van der Waals surface area (Å²) in [5, 5.41) is 4.28. The lowest BCUT2D eigenvalue weighted by Crippen LogP contribution is -2.33. The molecular weight excluding hydrogens is 392 g/mol. The Kier molecular flexibility index (Phi) is 5.72. The molecule has 0 atom stereocenters. The van der Waals surface area contributed by atoms with Crippen LogP contribution in [0.3, 0.4) is 0 Å². The van der Waals surface area contributed by atoms with E-state index in [0.29, 0.717) is 0 Å². The molecule has 1 aliphatic heterocycles. The van der Waals surface area contributed by atoms with Crippen LogP contribution in [0, 0.1) is 20.8 Å². The summed E-state index contributed by atoms with van der Waals surface area (Å²) in [6.45, 7) is 12.4. The van der Waals surface area contributed by atoms with Crippen molar-refractivity contribution >= 4 is 28.0 Å². The number of nitrogens with one attached hydrogen (secondary N) is 1. The zero-order valence-electron chi connectivity index (χ0n) is 18.1. The Morgan fingerprint density at radius 3 is 2.63 bits per heavy atom. The molecule has 1 aliphatic rings. The van der Waals surface area contributed by atoms with Gasteiger partial charge in [0.25, 0.3) is 0 Å². The van der Waals surface area contributed by atoms with Crippen LogP contribution in [0.1, 0.15) is 29.0 Å². The zero-order chi connectivity index (χ0) is 21.3. The molecule has 0 unspecified atom stereocenters. The van der Waals surface area contributed by atoms with E-state index in [-0.39, 0.29) is 0 Å². The minimum atomic E-state index is 0.798. The lowest BCUT2D eigenvalue weighted by Gasteiger charge is -2.33. The van der Waals surface area contributed by atoms with E-state index in [1.807, 2.05) is 26.2 Å². The Balaban J connectivity index is 1.73. The highest BCUT2D eigenvalue weighted by atomic mass is 32.1. The van der Waals surface area contributed by atoms with Crippen LogP contribution < -0.4 is 15.1 Å². The van der Waals surface area contributed by atoms with E-state index in [0.717, 1.165) is 70.9 Å². The normalized spacial score (nSPS) is 14.1. The van der Waals surface area contributed by atoms with E-state index >= 15 is 0 Å². The van der Waals surface area contributed by atoms with Crippen LogP contribution in [0.2, 0.25) is 0 Å². The topological polar surface area (TPSA) is 57.2 Å². The van der Waals surface area contributed by atoms with Crippen LogP contribution in [0.5, 0.6) is 0 Å². The van der Waals surface area contributed by atoms with Gasteiger partial charge in [0.05, 0.1) is 17.1 Å². The SMILES string of the molecule is C=C(Nc1nc(C)c(C)s1)N1CCCCN(C)c2ccc(-c3cncc(C)c3)nc21. The lowest BCUT2D eigenvalue weighted by atomic mass is 10.1. The quantitative estimate of drug-likeness (QED) is 0.630. The molecule has 4 rings (SSSR count). The fraction of sp³-hybridized carbons (Fsp3) is 0.348. The summed E-state index contributed by atoms with van der Waals surface area (Å²) in [4.78, 5) is 19.7. The molecule has 0 saturated heterocycles. The molecule has 6 nitrogen and oxygen atoms in total. The average Bonchev–Trinajstić information content (AvgIpc) is 3.02. The molecular formula is C23H28N6S. The average molecular weight is 421 g/mol. The Morgan fingerprint density at radius 2 is 1.90 bits per heavy atom. The van der Waals surface area contributed by atoms with Crippen molar-refractivity contribution in [3.63, 3.8) is 0 Å². The van der Waals surface area contributed by atoms with Crippen LogP contribution in [0.4, 0.5) is 16.6 Å². The molecule has 0 saturated carbocycles. The molecule has 7 heteroatoms. The van der Waals surface area contributed by atoms with Crippen LogP contribution in [0.15, 0.2) is 43.0 Å². The number of nitrogens with zero attached hydrogens (tertiary/aromatic N) is 5. The molecule has 0 radical (unpaired) electrons. The number of pyridine rings is 2. The van der Waals surface area contributed by atoms with Gasteiger partial charge in [0.2, 0.25) is 0 Å². The van der Waals surface area contributed by atoms with Gasteiger partial charge in [0.1, 0.15) is 5.82 Å². The number of aromatic nitrogens is 3. The van der Waals surface area contributed by atoms with E-state index in [1.54, 1.807) is 11.3 Å². The molecule has 0 amide bonds. The fourth-order valence-electron chi connectivity index (χ4n) is 3.62. The van der Waals surface area contributed by atoms with Gasteiger partial charge >= 0.3 is 0 Å². The minimum Gasteiger partial charge on any atom is -0.372 e. The van der Waals surface area contributed by atoms with Crippen molar-refractivity contribution in [1.82, 2.24) is 15.0 Å². The number of aryl methyl sites for hydroxylation is 3. The number of fused-ring (bicyclic) bond motifs is 1. The third-order valence-corrected chi connectivity index (χ3v) is 6.41. The molecule has 4 heterocycles. The summed E-state index contributed by atoms with van der Waals surface area (Å²) >= 11 is 1.65. The van der Waals surface area contributed by atoms with Crippen LogP contribution in [-0.2, 0) is 0 Å². The standard InChI is InChI=1S/C23H28N6S/c1-15-12-19(14-24-13-15)20-8-9-21-22(27-20)29(11-7-6-10-28(21)5)18(4)26-23-25-16(2)17(3)30-23/h8-9,12-14H,4,6-7,10-11H2,1-3,5H3,(H,25,26). The molecule has 0 fully saturated rings. The molecule has 30 heavy (non-hydrogen) atoms. The molecule has 0 aliphatic carbocycles. The van der Waals surface area contributed by atoms with E-state index in [4.69, 9.17) is 4.98 Å². The second-order valence-electron chi connectivity index (χ2n) is 7.80. The first-order valence-electron chi connectivity index (χ1n) is 10.2. The first kappa shape index (κ1) is 20.3. The van der Waals surface area contributed by atoms with Crippen molar-refractivity contribution in [2.75, 3.05) is 35.3 Å². The summed E-state index contributed by atoms with van der Waals surface area (Å²) in [6, 6.07) is 6.35. The van der Waals surface area contributed by atoms with Gasteiger partial charge in [-0.1, -0.05) is 6.58 Å². The summed E-state index contributed by atoms with van der Waals surface area (Å²) < 4.78 is 0. The van der Waals surface area contributed by atoms with Gasteiger partial charge in [0, 0.05) is 43.0 Å². The van der Waals surface area contributed by atoms with Crippen LogP contribution in [-0.4, -0.2) is 35.1 Å². The van der Waals surface area contributed by atoms with Gasteiger partial charge in [-0.25, -0.2) is 9.97 Å². The molecule has 156 valence electrons. The summed E-state index contributed by atoms with van der Waals surface area (Å²) in [5.74, 6) is 1.71. The highest BCUT2D eigenvalue weighted by molar-refractivity contribution is 7.15. The maximum atomic E-state index is 5.07. The third kappa shape index (κ3) is 4.16. The smallest absolute Gasteiger partial charge is 0.188 e. The van der Waals surface area contributed by atoms with Crippen molar-refractivity contribution in [3.8, 4) is 11.3 Å². The summed E-state index contributed by atoms with van der Waals surface area (Å²) in [5.41, 5.74) is 5.21. The number of thiazole rings is 1. The van der Waals surface area contributed by atoms with Gasteiger partial charge in [0.15, 0.2) is 10.9 Å². The van der Waals surface area contributed by atoms with Crippen LogP contribution >= 0.6 is 11.3 Å². The van der Waals surface area contributed by atoms with Gasteiger partial charge in [-0.15, -0.1) is 11.3 Å². The van der Waals surface area contributed by atoms with E-state index in [1.165, 1.54) is 4.88 Å². The van der Waals surface area contributed by atoms with Gasteiger partial charge in [-0.3, -0.25) is 4.98 Å². The van der Waals surface area contributed by atoms with Gasteiger partial charge < -0.3 is 15.1 Å². The fourth-order valence-corrected chi connectivity index (χ4v) is 4.45. The predicted octanol–water partition coefficient (Wildman–Crippen LogP) is 5.15. The zero-order valence-corrected chi connectivity index (χ0v) is 18.9. The van der Waals surface area contributed by atoms with Crippen molar-refractivity contribution in [1.29, 1.82) is 0 Å². The highest BCUT2D eigenvalue weighted by Crippen LogP contribution is 2.34. The Hall–Kier alpha value is -2.93. The van der Waals surface area contributed by atoms with Gasteiger partial charge in [-0.05, 0) is 57.4 Å². The van der Waals surface area contributed by atoms with E-state index in [2.05, 4.69) is 63.8 Å². The second kappa shape index (κ2) is 8.44. The van der Waals surface area contributed by atoms with E-state index < -0.39 is 0 Å². The second-order valence-corrected chi connectivity index (χ2v) is 9.01. The monoisotopic (exact) mass is 420 g/mol. The van der Waals surface area contributed by atoms with Crippen molar-refractivity contribution in [3.05, 3.63) is 59.1 Å². The van der Waals surface area contributed by atoms with Crippen molar-refractivity contribution in [2.24, 2.45) is 0 Å². The number of hydrogen-bond donors (Lipinski definition) is 1. The Labute approximate surface area is 182 Å². The first-order valence-corrected chi connectivity index (χ1v) is 11.1. The largest absolute Gasteiger partial charge is 0.372 e. The first-order chi connectivity index (χ1) is 14.4. The minimum absolute atomic E-state index is 0.798. The maximum Gasteiger partial charge on any atom is 0.188 e. The number of anilines is 3. The maximum absolute atomic E-state index is 5.07. The summed E-state index contributed by atoms with van der Waals surface area (Å²) in [6.07, 6.45) is 5.92. The molecule has 0 aromatic carbocycles. The number of hydrogen-bond acceptors (Lipinski definition) is 7. The molecule has 3 aromatic heterocycles. The predicted molar refractivity (Wildman–Crippen MR) is 126 cm³/mol.